The molecular formula is C30H38N2O7S. The molecule has 0 aliphatic rings. The third-order valence-corrected chi connectivity index (χ3v) is 7.38. The Bertz CT molecular complexity index is 1250. The first-order chi connectivity index (χ1) is 19.3. The van der Waals surface area contributed by atoms with Crippen LogP contribution in [0.1, 0.15) is 25.7 Å². The first kappa shape index (κ1) is 30.8. The summed E-state index contributed by atoms with van der Waals surface area (Å²) in [6.45, 7) is 3.39. The number of methoxy groups -OCH3 is 5. The summed E-state index contributed by atoms with van der Waals surface area (Å²) in [7, 11) is 7.81. The lowest BCUT2D eigenvalue weighted by molar-refractivity contribution is -0.132. The van der Waals surface area contributed by atoms with Crippen LogP contribution >= 0.6 is 11.3 Å². The smallest absolute Gasteiger partial charge is 0.254 e. The Labute approximate surface area is 240 Å². The number of hydrogen-bond donors (Lipinski definition) is 0. The molecule has 0 radical (unpaired) electrons. The molecule has 9 nitrogen and oxygen atoms in total. The number of carbonyl (C=O) groups is 2. The van der Waals surface area contributed by atoms with E-state index in [9.17, 15) is 9.59 Å². The maximum Gasteiger partial charge on any atom is 0.254 e. The zero-order valence-corrected chi connectivity index (χ0v) is 24.8. The number of ether oxygens (including phenoxy) is 5. The van der Waals surface area contributed by atoms with Crippen LogP contribution in [-0.4, -0.2) is 83.4 Å². The summed E-state index contributed by atoms with van der Waals surface area (Å²) in [4.78, 5) is 32.9. The van der Waals surface area contributed by atoms with Gasteiger partial charge in [0.2, 0.25) is 5.91 Å². The van der Waals surface area contributed by atoms with Gasteiger partial charge in [0.25, 0.3) is 5.91 Å². The van der Waals surface area contributed by atoms with Crippen LogP contribution in [0.5, 0.6) is 23.0 Å². The van der Waals surface area contributed by atoms with Gasteiger partial charge in [-0.3, -0.25) is 9.59 Å². The molecule has 3 aromatic rings. The molecule has 0 N–H and O–H groups in total. The van der Waals surface area contributed by atoms with Crippen LogP contribution in [0.25, 0.3) is 0 Å². The Morgan fingerprint density at radius 3 is 2.05 bits per heavy atom. The second kappa shape index (κ2) is 15.1. The maximum absolute atomic E-state index is 13.8. The number of nitrogens with zero attached hydrogens (tertiary/aromatic N) is 2. The number of rotatable bonds is 15. The number of amides is 2. The molecule has 216 valence electrons. The number of benzene rings is 2. The minimum atomic E-state index is -0.311. The fourth-order valence-electron chi connectivity index (χ4n) is 4.18. The molecule has 0 atom stereocenters. The molecule has 0 spiro atoms. The van der Waals surface area contributed by atoms with Crippen LogP contribution in [-0.2, 0) is 22.5 Å². The highest BCUT2D eigenvalue weighted by molar-refractivity contribution is 7.11. The van der Waals surface area contributed by atoms with Crippen molar-refractivity contribution in [3.8, 4) is 23.0 Å². The summed E-state index contributed by atoms with van der Waals surface area (Å²) in [6.07, 6.45) is 0.607. The third-order valence-electron chi connectivity index (χ3n) is 6.39. The number of carbonyl (C=O) groups excluding carboxylic acids is 2. The fourth-order valence-corrected chi connectivity index (χ4v) is 5.09. The topological polar surface area (TPSA) is 86.8 Å². The zero-order valence-electron chi connectivity index (χ0n) is 24.0. The van der Waals surface area contributed by atoms with Gasteiger partial charge in [-0.15, -0.1) is 11.3 Å². The van der Waals surface area contributed by atoms with E-state index < -0.39 is 0 Å². The summed E-state index contributed by atoms with van der Waals surface area (Å²) in [5, 5.41) is 0. The van der Waals surface area contributed by atoms with Crippen molar-refractivity contribution >= 4 is 23.2 Å². The molecular weight excluding hydrogens is 532 g/mol. The van der Waals surface area contributed by atoms with Gasteiger partial charge in [-0.25, -0.2) is 0 Å². The first-order valence-corrected chi connectivity index (χ1v) is 13.7. The molecule has 0 aliphatic carbocycles. The summed E-state index contributed by atoms with van der Waals surface area (Å²) in [5.41, 5.74) is 1.37. The van der Waals surface area contributed by atoms with E-state index in [1.54, 1.807) is 55.8 Å². The number of thiophene rings is 1. The average molecular weight is 571 g/mol. The molecule has 0 unspecified atom stereocenters. The van der Waals surface area contributed by atoms with Crippen LogP contribution in [0.2, 0.25) is 0 Å². The van der Waals surface area contributed by atoms with Crippen LogP contribution in [0.15, 0.2) is 48.5 Å². The minimum Gasteiger partial charge on any atom is -0.497 e. The van der Waals surface area contributed by atoms with E-state index in [0.717, 1.165) is 10.4 Å². The van der Waals surface area contributed by atoms with Crippen molar-refractivity contribution in [1.29, 1.82) is 0 Å². The normalized spacial score (nSPS) is 10.7. The molecule has 2 aromatic carbocycles. The average Bonchev–Trinajstić information content (AvgIpc) is 3.40. The molecule has 40 heavy (non-hydrogen) atoms. The summed E-state index contributed by atoms with van der Waals surface area (Å²) in [6, 6.07) is 14.8. The SMILES string of the molecule is COCCN(CC(=O)N(CCc1ccc(OC)c(OC)c1)Cc1ccc(C)s1)C(=O)c1cc(OC)cc(OC)c1. The molecule has 10 heteroatoms. The molecule has 0 bridgehead atoms. The van der Waals surface area contributed by atoms with Gasteiger partial charge in [-0.1, -0.05) is 6.07 Å². The summed E-state index contributed by atoms with van der Waals surface area (Å²) < 4.78 is 26.7. The molecule has 0 fully saturated rings. The van der Waals surface area contributed by atoms with Gasteiger partial charge in [0.05, 0.1) is 41.6 Å². The molecule has 1 aromatic heterocycles. The van der Waals surface area contributed by atoms with Crippen molar-refractivity contribution in [2.45, 2.75) is 19.9 Å². The monoisotopic (exact) mass is 570 g/mol. The Morgan fingerprint density at radius 2 is 1.48 bits per heavy atom. The van der Waals surface area contributed by atoms with Crippen LogP contribution in [0.4, 0.5) is 0 Å². The van der Waals surface area contributed by atoms with E-state index in [1.807, 2.05) is 37.3 Å². The fraction of sp³-hybridized carbons (Fsp3) is 0.400. The Morgan fingerprint density at radius 1 is 0.775 bits per heavy atom. The van der Waals surface area contributed by atoms with Gasteiger partial charge >= 0.3 is 0 Å². The maximum atomic E-state index is 13.8. The van der Waals surface area contributed by atoms with Crippen molar-refractivity contribution in [1.82, 2.24) is 9.80 Å². The van der Waals surface area contributed by atoms with Crippen molar-refractivity contribution in [2.75, 3.05) is 61.8 Å². The lowest BCUT2D eigenvalue weighted by atomic mass is 10.1. The van der Waals surface area contributed by atoms with Gasteiger partial charge in [0.15, 0.2) is 11.5 Å². The second-order valence-electron chi connectivity index (χ2n) is 9.09. The minimum absolute atomic E-state index is 0.0992. The predicted octanol–water partition coefficient (Wildman–Crippen LogP) is 4.45. The van der Waals surface area contributed by atoms with Crippen molar-refractivity contribution in [2.24, 2.45) is 0 Å². The van der Waals surface area contributed by atoms with Crippen molar-refractivity contribution in [3.63, 3.8) is 0 Å². The number of aryl methyl sites for hydroxylation is 1. The molecule has 0 aliphatic heterocycles. The van der Waals surface area contributed by atoms with Gasteiger partial charge < -0.3 is 33.5 Å². The second-order valence-corrected chi connectivity index (χ2v) is 10.5. The van der Waals surface area contributed by atoms with Gasteiger partial charge in [-0.2, -0.15) is 0 Å². The van der Waals surface area contributed by atoms with Crippen LogP contribution < -0.4 is 18.9 Å². The highest BCUT2D eigenvalue weighted by atomic mass is 32.1. The zero-order chi connectivity index (χ0) is 29.1. The van der Waals surface area contributed by atoms with E-state index in [0.29, 0.717) is 48.1 Å². The van der Waals surface area contributed by atoms with E-state index >= 15 is 0 Å². The first-order valence-electron chi connectivity index (χ1n) is 12.9. The third kappa shape index (κ3) is 8.37. The largest absolute Gasteiger partial charge is 0.497 e. The lowest BCUT2D eigenvalue weighted by Crippen LogP contribution is -2.44. The Balaban J connectivity index is 1.83. The van der Waals surface area contributed by atoms with E-state index in [-0.39, 0.29) is 31.5 Å². The Hall–Kier alpha value is -3.76. The van der Waals surface area contributed by atoms with E-state index in [4.69, 9.17) is 23.7 Å². The van der Waals surface area contributed by atoms with Crippen molar-refractivity contribution in [3.05, 3.63) is 69.4 Å². The standard InChI is InChI=1S/C30H38N2O7S/c1-21-7-9-26(40-21)19-31(12-11-22-8-10-27(38-5)28(15-22)39-6)29(33)20-32(13-14-35-2)30(34)23-16-24(36-3)18-25(17-23)37-4/h7-10,15-18H,11-14,19-20H2,1-6H3. The van der Waals surface area contributed by atoms with Gasteiger partial charge in [0.1, 0.15) is 18.0 Å². The summed E-state index contributed by atoms with van der Waals surface area (Å²) >= 11 is 1.65. The van der Waals surface area contributed by atoms with E-state index in [2.05, 4.69) is 0 Å². The lowest BCUT2D eigenvalue weighted by Gasteiger charge is -2.28. The molecule has 1 heterocycles. The summed E-state index contributed by atoms with van der Waals surface area (Å²) in [5.74, 6) is 1.79. The Kier molecular flexibility index (Phi) is 11.6. The molecule has 2 amide bonds. The molecule has 0 saturated carbocycles. The number of hydrogen-bond acceptors (Lipinski definition) is 8. The molecule has 3 rings (SSSR count). The predicted molar refractivity (Wildman–Crippen MR) is 155 cm³/mol. The van der Waals surface area contributed by atoms with Gasteiger partial charge in [0, 0.05) is 41.6 Å². The quantitative estimate of drug-likeness (QED) is 0.267. The van der Waals surface area contributed by atoms with Crippen LogP contribution in [0.3, 0.4) is 0 Å². The molecule has 0 saturated heterocycles. The highest BCUT2D eigenvalue weighted by Gasteiger charge is 2.24. The van der Waals surface area contributed by atoms with Crippen LogP contribution in [0, 0.1) is 6.92 Å². The van der Waals surface area contributed by atoms with E-state index in [1.165, 1.54) is 24.0 Å². The van der Waals surface area contributed by atoms with Gasteiger partial charge in [-0.05, 0) is 55.3 Å². The highest BCUT2D eigenvalue weighted by Crippen LogP contribution is 2.28. The van der Waals surface area contributed by atoms with Crippen molar-refractivity contribution < 1.29 is 33.3 Å².